The van der Waals surface area contributed by atoms with Crippen LogP contribution < -0.4 is 0 Å². The molecule has 0 aromatic rings. The first-order valence-electron chi connectivity index (χ1n) is 4.83. The zero-order valence-electron chi connectivity index (χ0n) is 9.16. The molecule has 1 heterocycles. The molecule has 1 aliphatic heterocycles. The summed E-state index contributed by atoms with van der Waals surface area (Å²) in [4.78, 5) is 24.0. The van der Waals surface area contributed by atoms with Crippen LogP contribution in [0.4, 0.5) is 4.79 Å². The molecule has 1 fully saturated rings. The average molecular weight is 199 g/mol. The predicted molar refractivity (Wildman–Crippen MR) is 51.7 cm³/mol. The molecule has 1 saturated heterocycles. The first kappa shape index (κ1) is 11.0. The van der Waals surface area contributed by atoms with Gasteiger partial charge in [0.05, 0.1) is 0 Å². The third kappa shape index (κ3) is 2.72. The molecule has 80 valence electrons. The highest BCUT2D eigenvalue weighted by molar-refractivity contribution is 5.93. The molecule has 0 radical (unpaired) electrons. The van der Waals surface area contributed by atoms with Crippen LogP contribution in [0.15, 0.2) is 0 Å². The zero-order chi connectivity index (χ0) is 10.9. The van der Waals surface area contributed by atoms with Crippen molar-refractivity contribution >= 4 is 12.0 Å². The fourth-order valence-corrected chi connectivity index (χ4v) is 1.38. The molecular formula is C10H17NO3. The van der Waals surface area contributed by atoms with Crippen LogP contribution in [0.5, 0.6) is 0 Å². The number of rotatable bonds is 0. The fourth-order valence-electron chi connectivity index (χ4n) is 1.38. The van der Waals surface area contributed by atoms with Crippen molar-refractivity contribution in [3.8, 4) is 0 Å². The molecule has 1 atom stereocenters. The summed E-state index contributed by atoms with van der Waals surface area (Å²) < 4.78 is 5.11. The highest BCUT2D eigenvalue weighted by Gasteiger charge is 2.34. The van der Waals surface area contributed by atoms with Gasteiger partial charge in [-0.3, -0.25) is 4.79 Å². The number of carbonyl (C=O) groups excluding carboxylic acids is 2. The van der Waals surface area contributed by atoms with Gasteiger partial charge in [0.1, 0.15) is 5.60 Å². The molecule has 0 aromatic heterocycles. The largest absolute Gasteiger partial charge is 0.443 e. The van der Waals surface area contributed by atoms with E-state index in [4.69, 9.17) is 4.74 Å². The van der Waals surface area contributed by atoms with Gasteiger partial charge in [0.25, 0.3) is 0 Å². The second kappa shape index (κ2) is 3.59. The highest BCUT2D eigenvalue weighted by atomic mass is 16.6. The lowest BCUT2D eigenvalue weighted by Crippen LogP contribution is -2.37. The fraction of sp³-hybridized carbons (Fsp3) is 0.800. The van der Waals surface area contributed by atoms with Crippen LogP contribution in [0.3, 0.4) is 0 Å². The van der Waals surface area contributed by atoms with Crippen molar-refractivity contribution in [1.82, 2.24) is 4.90 Å². The maximum atomic E-state index is 11.5. The Morgan fingerprint density at radius 1 is 1.50 bits per heavy atom. The molecule has 4 heteroatoms. The van der Waals surface area contributed by atoms with E-state index in [1.165, 1.54) is 4.90 Å². The van der Waals surface area contributed by atoms with Crippen molar-refractivity contribution in [3.05, 3.63) is 0 Å². The predicted octanol–water partition coefficient (Wildman–Crippen LogP) is 1.79. The Morgan fingerprint density at radius 2 is 2.07 bits per heavy atom. The smallest absolute Gasteiger partial charge is 0.417 e. The number of hydrogen-bond acceptors (Lipinski definition) is 3. The first-order valence-corrected chi connectivity index (χ1v) is 4.83. The molecule has 1 unspecified atom stereocenters. The van der Waals surface area contributed by atoms with Crippen LogP contribution in [0.2, 0.25) is 0 Å². The highest BCUT2D eigenvalue weighted by Crippen LogP contribution is 2.19. The Balaban J connectivity index is 2.58. The Labute approximate surface area is 84.2 Å². The summed E-state index contributed by atoms with van der Waals surface area (Å²) in [7, 11) is 0. The van der Waals surface area contributed by atoms with E-state index in [0.717, 1.165) is 0 Å². The molecule has 0 aromatic carbocycles. The van der Waals surface area contributed by atoms with E-state index in [1.54, 1.807) is 20.8 Å². The summed E-state index contributed by atoms with van der Waals surface area (Å²) in [5.74, 6) is 0.113. The van der Waals surface area contributed by atoms with Gasteiger partial charge in [0, 0.05) is 13.0 Å². The van der Waals surface area contributed by atoms with Gasteiger partial charge in [-0.2, -0.15) is 0 Å². The maximum Gasteiger partial charge on any atom is 0.417 e. The van der Waals surface area contributed by atoms with E-state index >= 15 is 0 Å². The van der Waals surface area contributed by atoms with Gasteiger partial charge in [-0.25, -0.2) is 9.69 Å². The topological polar surface area (TPSA) is 46.6 Å². The summed E-state index contributed by atoms with van der Waals surface area (Å²) in [5, 5.41) is 0. The normalized spacial score (nSPS) is 22.7. The third-order valence-corrected chi connectivity index (χ3v) is 1.93. The van der Waals surface area contributed by atoms with E-state index in [0.29, 0.717) is 13.0 Å². The molecule has 0 bridgehead atoms. The summed E-state index contributed by atoms with van der Waals surface area (Å²) in [6, 6.07) is 0. The van der Waals surface area contributed by atoms with Gasteiger partial charge in [0.15, 0.2) is 0 Å². The lowest BCUT2D eigenvalue weighted by Gasteiger charge is -2.23. The van der Waals surface area contributed by atoms with Crippen molar-refractivity contribution in [2.75, 3.05) is 6.54 Å². The number of hydrogen-bond donors (Lipinski definition) is 0. The average Bonchev–Trinajstić information content (AvgIpc) is 2.26. The molecular weight excluding hydrogens is 182 g/mol. The van der Waals surface area contributed by atoms with Gasteiger partial charge >= 0.3 is 6.09 Å². The monoisotopic (exact) mass is 199 g/mol. The molecule has 4 nitrogen and oxygen atoms in total. The summed E-state index contributed by atoms with van der Waals surface area (Å²) in [5.41, 5.74) is -0.539. The molecule has 1 rings (SSSR count). The van der Waals surface area contributed by atoms with E-state index < -0.39 is 11.7 Å². The summed E-state index contributed by atoms with van der Waals surface area (Å²) in [6.45, 7) is 7.79. The minimum atomic E-state index is -0.539. The van der Waals surface area contributed by atoms with Crippen molar-refractivity contribution in [3.63, 3.8) is 0 Å². The van der Waals surface area contributed by atoms with Gasteiger partial charge in [0.2, 0.25) is 5.91 Å². The Kier molecular flexibility index (Phi) is 2.83. The zero-order valence-corrected chi connectivity index (χ0v) is 9.16. The van der Waals surface area contributed by atoms with Crippen LogP contribution in [-0.4, -0.2) is 29.0 Å². The lowest BCUT2D eigenvalue weighted by molar-refractivity contribution is -0.127. The minimum absolute atomic E-state index is 0.133. The van der Waals surface area contributed by atoms with Crippen LogP contribution in [-0.2, 0) is 9.53 Å². The second-order valence-electron chi connectivity index (χ2n) is 4.79. The number of imide groups is 1. The number of nitrogens with zero attached hydrogens (tertiary/aromatic N) is 1. The van der Waals surface area contributed by atoms with Crippen molar-refractivity contribution in [2.45, 2.75) is 39.7 Å². The first-order chi connectivity index (χ1) is 6.29. The van der Waals surface area contributed by atoms with Crippen LogP contribution in [0.25, 0.3) is 0 Å². The Hall–Kier alpha value is -1.06. The number of likely N-dealkylation sites (tertiary alicyclic amines) is 1. The minimum Gasteiger partial charge on any atom is -0.443 e. The number of carbonyl (C=O) groups is 2. The lowest BCUT2D eigenvalue weighted by atomic mass is 10.2. The van der Waals surface area contributed by atoms with Crippen LogP contribution in [0, 0.1) is 5.92 Å². The second-order valence-corrected chi connectivity index (χ2v) is 4.79. The third-order valence-electron chi connectivity index (χ3n) is 1.93. The quantitative estimate of drug-likeness (QED) is 0.597. The Bertz CT molecular complexity index is 255. The van der Waals surface area contributed by atoms with E-state index in [9.17, 15) is 9.59 Å². The molecule has 1 aliphatic rings. The molecule has 14 heavy (non-hydrogen) atoms. The molecule has 0 saturated carbocycles. The van der Waals surface area contributed by atoms with Gasteiger partial charge in [-0.05, 0) is 26.7 Å². The van der Waals surface area contributed by atoms with Crippen LogP contribution >= 0.6 is 0 Å². The molecule has 0 spiro atoms. The SMILES string of the molecule is CC1CC(=O)N(C(=O)OC(C)(C)C)C1. The van der Waals surface area contributed by atoms with E-state index in [2.05, 4.69) is 0 Å². The Morgan fingerprint density at radius 3 is 2.43 bits per heavy atom. The van der Waals surface area contributed by atoms with Crippen LogP contribution in [0.1, 0.15) is 34.1 Å². The summed E-state index contributed by atoms with van der Waals surface area (Å²) in [6.07, 6.45) is -0.0777. The summed E-state index contributed by atoms with van der Waals surface area (Å²) >= 11 is 0. The van der Waals surface area contributed by atoms with Crippen molar-refractivity contribution in [1.29, 1.82) is 0 Å². The van der Waals surface area contributed by atoms with E-state index in [-0.39, 0.29) is 11.8 Å². The standard InChI is InChI=1S/C10H17NO3/c1-7-5-8(12)11(6-7)9(13)14-10(2,3)4/h7H,5-6H2,1-4H3. The van der Waals surface area contributed by atoms with Gasteiger partial charge < -0.3 is 4.74 Å². The molecule has 2 amide bonds. The van der Waals surface area contributed by atoms with Gasteiger partial charge in [-0.1, -0.05) is 6.92 Å². The number of ether oxygens (including phenoxy) is 1. The van der Waals surface area contributed by atoms with Gasteiger partial charge in [-0.15, -0.1) is 0 Å². The van der Waals surface area contributed by atoms with Crippen molar-refractivity contribution < 1.29 is 14.3 Å². The van der Waals surface area contributed by atoms with Crippen molar-refractivity contribution in [2.24, 2.45) is 5.92 Å². The molecule has 0 aliphatic carbocycles. The molecule has 0 N–H and O–H groups in total. The van der Waals surface area contributed by atoms with E-state index in [1.807, 2.05) is 6.92 Å². The number of amides is 2. The maximum absolute atomic E-state index is 11.5.